The first-order valence-corrected chi connectivity index (χ1v) is 8.75. The second-order valence-electron chi connectivity index (χ2n) is 6.69. The Bertz CT molecular complexity index is 798. The number of carbonyl (C=O) groups is 1. The van der Waals surface area contributed by atoms with Crippen molar-refractivity contribution in [2.24, 2.45) is 11.8 Å². The summed E-state index contributed by atoms with van der Waals surface area (Å²) in [6.07, 6.45) is 1.63. The molecule has 2 heterocycles. The largest absolute Gasteiger partial charge is 0.497 e. The summed E-state index contributed by atoms with van der Waals surface area (Å²) in [5, 5.41) is 23.6. The van der Waals surface area contributed by atoms with Gasteiger partial charge in [0.1, 0.15) is 11.6 Å². The highest BCUT2D eigenvalue weighted by Gasteiger charge is 2.31. The highest BCUT2D eigenvalue weighted by molar-refractivity contribution is 5.84. The molecule has 140 valence electrons. The molecule has 0 aliphatic carbocycles. The number of fused-ring (bicyclic) bond motifs is 1. The number of methoxy groups -OCH3 is 1. The van der Waals surface area contributed by atoms with Gasteiger partial charge in [0.25, 0.3) is 0 Å². The SMILES string of the molecule is COc1ccc2ncc(F)c(C(O)CC[C@@H]3CCNC[C@@H]3C(=O)O)c2c1. The minimum atomic E-state index is -1.03. The van der Waals surface area contributed by atoms with Crippen molar-refractivity contribution < 1.29 is 24.1 Å². The Hall–Kier alpha value is -2.25. The van der Waals surface area contributed by atoms with Crippen molar-refractivity contribution in [2.75, 3.05) is 20.2 Å². The maximum atomic E-state index is 14.4. The van der Waals surface area contributed by atoms with Gasteiger partial charge in [0.15, 0.2) is 0 Å². The molecule has 3 rings (SSSR count). The highest BCUT2D eigenvalue weighted by atomic mass is 19.1. The van der Waals surface area contributed by atoms with Gasteiger partial charge in [0.2, 0.25) is 0 Å². The summed E-state index contributed by atoms with van der Waals surface area (Å²) in [7, 11) is 1.52. The van der Waals surface area contributed by atoms with E-state index >= 15 is 0 Å². The van der Waals surface area contributed by atoms with Gasteiger partial charge in [-0.25, -0.2) is 4.39 Å². The molecule has 1 aliphatic rings. The van der Waals surface area contributed by atoms with Gasteiger partial charge in [0.05, 0.1) is 30.8 Å². The smallest absolute Gasteiger partial charge is 0.308 e. The number of pyridine rings is 1. The van der Waals surface area contributed by atoms with Crippen molar-refractivity contribution >= 4 is 16.9 Å². The maximum absolute atomic E-state index is 14.4. The van der Waals surface area contributed by atoms with E-state index in [1.54, 1.807) is 18.2 Å². The van der Waals surface area contributed by atoms with Crippen LogP contribution in [-0.2, 0) is 4.79 Å². The van der Waals surface area contributed by atoms with Gasteiger partial charge in [-0.05, 0) is 49.9 Å². The van der Waals surface area contributed by atoms with Crippen LogP contribution in [0.2, 0.25) is 0 Å². The molecule has 1 unspecified atom stereocenters. The number of nitrogens with zero attached hydrogens (tertiary/aromatic N) is 1. The van der Waals surface area contributed by atoms with Gasteiger partial charge in [-0.2, -0.15) is 0 Å². The third-order valence-electron chi connectivity index (χ3n) is 5.15. The van der Waals surface area contributed by atoms with Crippen molar-refractivity contribution in [3.63, 3.8) is 0 Å². The average Bonchev–Trinajstić information content (AvgIpc) is 2.65. The predicted octanol–water partition coefficient (Wildman–Crippen LogP) is 2.51. The number of rotatable bonds is 6. The zero-order chi connectivity index (χ0) is 18.7. The first kappa shape index (κ1) is 18.5. The number of halogens is 1. The average molecular weight is 362 g/mol. The fourth-order valence-electron chi connectivity index (χ4n) is 3.70. The van der Waals surface area contributed by atoms with Crippen molar-refractivity contribution in [3.05, 3.63) is 35.8 Å². The maximum Gasteiger partial charge on any atom is 0.308 e. The predicted molar refractivity (Wildman–Crippen MR) is 94.5 cm³/mol. The van der Waals surface area contributed by atoms with E-state index in [1.165, 1.54) is 7.11 Å². The van der Waals surface area contributed by atoms with Gasteiger partial charge < -0.3 is 20.3 Å². The molecule has 1 aliphatic heterocycles. The Morgan fingerprint density at radius 2 is 2.31 bits per heavy atom. The lowest BCUT2D eigenvalue weighted by atomic mass is 9.82. The number of hydrogen-bond acceptors (Lipinski definition) is 5. The molecule has 26 heavy (non-hydrogen) atoms. The topological polar surface area (TPSA) is 91.7 Å². The number of hydrogen-bond donors (Lipinski definition) is 3. The molecule has 0 bridgehead atoms. The Morgan fingerprint density at radius 1 is 1.50 bits per heavy atom. The molecule has 3 atom stereocenters. The van der Waals surface area contributed by atoms with E-state index in [9.17, 15) is 19.4 Å². The number of carboxylic acid groups (broad SMARTS) is 1. The van der Waals surface area contributed by atoms with Crippen molar-refractivity contribution in [1.82, 2.24) is 10.3 Å². The lowest BCUT2D eigenvalue weighted by Crippen LogP contribution is -2.40. The van der Waals surface area contributed by atoms with Crippen LogP contribution in [0.1, 0.15) is 30.9 Å². The number of aliphatic hydroxyl groups is 1. The fraction of sp³-hybridized carbons (Fsp3) is 0.474. The molecule has 6 nitrogen and oxygen atoms in total. The van der Waals surface area contributed by atoms with Crippen LogP contribution in [0.15, 0.2) is 24.4 Å². The van der Waals surface area contributed by atoms with Crippen LogP contribution in [0.3, 0.4) is 0 Å². The van der Waals surface area contributed by atoms with Crippen LogP contribution in [-0.4, -0.2) is 41.4 Å². The Kier molecular flexibility index (Phi) is 5.68. The van der Waals surface area contributed by atoms with Crippen LogP contribution in [0.25, 0.3) is 10.9 Å². The van der Waals surface area contributed by atoms with Crippen molar-refractivity contribution in [3.8, 4) is 5.75 Å². The number of aliphatic carboxylic acids is 1. The standard InChI is InChI=1S/C19H23FN2O4/c1-26-12-3-4-16-13(8-12)18(15(20)10-22-16)17(23)5-2-11-6-7-21-9-14(11)19(24)25/h3-4,8,10-11,14,17,21,23H,2,5-7,9H2,1H3,(H,24,25)/t11-,14+,17?/m1/s1. The lowest BCUT2D eigenvalue weighted by molar-refractivity contribution is -0.144. The van der Waals surface area contributed by atoms with E-state index in [-0.39, 0.29) is 11.5 Å². The zero-order valence-corrected chi connectivity index (χ0v) is 14.6. The first-order chi connectivity index (χ1) is 12.5. The molecule has 1 saturated heterocycles. The molecule has 1 aromatic carbocycles. The normalized spacial score (nSPS) is 21.5. The molecule has 1 fully saturated rings. The van der Waals surface area contributed by atoms with E-state index in [0.717, 1.165) is 19.2 Å². The van der Waals surface area contributed by atoms with E-state index in [4.69, 9.17) is 4.74 Å². The first-order valence-electron chi connectivity index (χ1n) is 8.75. The van der Waals surface area contributed by atoms with E-state index in [1.807, 2.05) is 0 Å². The number of piperidine rings is 1. The summed E-state index contributed by atoms with van der Waals surface area (Å²) in [6.45, 7) is 1.19. The quantitative estimate of drug-likeness (QED) is 0.731. The van der Waals surface area contributed by atoms with Crippen LogP contribution >= 0.6 is 0 Å². The van der Waals surface area contributed by atoms with E-state index < -0.39 is 23.8 Å². The summed E-state index contributed by atoms with van der Waals surface area (Å²) in [5.74, 6) is -1.35. The Labute approximate surface area is 151 Å². The summed E-state index contributed by atoms with van der Waals surface area (Å²) in [4.78, 5) is 15.5. The Balaban J connectivity index is 1.82. The molecule has 0 amide bonds. The minimum absolute atomic E-state index is 0.0332. The van der Waals surface area contributed by atoms with Gasteiger partial charge >= 0.3 is 5.97 Å². The number of aromatic nitrogens is 1. The van der Waals surface area contributed by atoms with Gasteiger partial charge in [-0.1, -0.05) is 0 Å². The van der Waals surface area contributed by atoms with E-state index in [2.05, 4.69) is 10.3 Å². The monoisotopic (exact) mass is 362 g/mol. The number of ether oxygens (including phenoxy) is 1. The molecule has 7 heteroatoms. The van der Waals surface area contributed by atoms with Crippen molar-refractivity contribution in [2.45, 2.75) is 25.4 Å². The lowest BCUT2D eigenvalue weighted by Gasteiger charge is -2.30. The van der Waals surface area contributed by atoms with Crippen LogP contribution in [0.5, 0.6) is 5.75 Å². The van der Waals surface area contributed by atoms with Gasteiger partial charge in [0, 0.05) is 17.5 Å². The molecule has 3 N–H and O–H groups in total. The summed E-state index contributed by atoms with van der Waals surface area (Å²) in [5.41, 5.74) is 0.765. The number of nitrogens with one attached hydrogen (secondary N) is 1. The molecular weight excluding hydrogens is 339 g/mol. The fourth-order valence-corrected chi connectivity index (χ4v) is 3.70. The van der Waals surface area contributed by atoms with Gasteiger partial charge in [-0.3, -0.25) is 9.78 Å². The summed E-state index contributed by atoms with van der Waals surface area (Å²) in [6, 6.07) is 5.11. The van der Waals surface area contributed by atoms with Gasteiger partial charge in [-0.15, -0.1) is 0 Å². The highest BCUT2D eigenvalue weighted by Crippen LogP contribution is 2.33. The Morgan fingerprint density at radius 3 is 3.04 bits per heavy atom. The second-order valence-corrected chi connectivity index (χ2v) is 6.69. The molecule has 0 saturated carbocycles. The van der Waals surface area contributed by atoms with Crippen LogP contribution in [0.4, 0.5) is 4.39 Å². The molecule has 0 spiro atoms. The zero-order valence-electron chi connectivity index (χ0n) is 14.6. The third kappa shape index (κ3) is 3.78. The van der Waals surface area contributed by atoms with Crippen LogP contribution in [0, 0.1) is 17.7 Å². The summed E-state index contributed by atoms with van der Waals surface area (Å²) >= 11 is 0. The summed E-state index contributed by atoms with van der Waals surface area (Å²) < 4.78 is 19.6. The minimum Gasteiger partial charge on any atom is -0.497 e. The number of carboxylic acids is 1. The molecule has 2 aromatic rings. The molecule has 1 aromatic heterocycles. The number of benzene rings is 1. The number of aliphatic hydroxyl groups excluding tert-OH is 1. The van der Waals surface area contributed by atoms with Crippen molar-refractivity contribution in [1.29, 1.82) is 0 Å². The molecular formula is C19H23FN2O4. The molecule has 0 radical (unpaired) electrons. The second kappa shape index (κ2) is 7.97. The third-order valence-corrected chi connectivity index (χ3v) is 5.15. The van der Waals surface area contributed by atoms with Crippen LogP contribution < -0.4 is 10.1 Å². The van der Waals surface area contributed by atoms with E-state index in [0.29, 0.717) is 36.0 Å².